The van der Waals surface area contributed by atoms with Crippen LogP contribution in [0.15, 0.2) is 24.8 Å². The molecule has 1 aliphatic rings. The summed E-state index contributed by atoms with van der Waals surface area (Å²) in [5.74, 6) is 1.50. The molecule has 7 nitrogen and oxygen atoms in total. The van der Waals surface area contributed by atoms with Gasteiger partial charge in [-0.2, -0.15) is 4.98 Å². The highest BCUT2D eigenvalue weighted by atomic mass is 19.1. The molecule has 22 heavy (non-hydrogen) atoms. The summed E-state index contributed by atoms with van der Waals surface area (Å²) in [6.07, 6.45) is 4.32. The maximum absolute atomic E-state index is 13.7. The van der Waals surface area contributed by atoms with E-state index in [4.69, 9.17) is 0 Å². The highest BCUT2D eigenvalue weighted by Crippen LogP contribution is 2.19. The van der Waals surface area contributed by atoms with Crippen molar-refractivity contribution < 1.29 is 4.39 Å². The zero-order valence-electron chi connectivity index (χ0n) is 12.4. The molecule has 116 valence electrons. The molecule has 0 unspecified atom stereocenters. The fourth-order valence-corrected chi connectivity index (χ4v) is 2.45. The van der Waals surface area contributed by atoms with Crippen LogP contribution in [-0.4, -0.2) is 52.7 Å². The van der Waals surface area contributed by atoms with Crippen LogP contribution in [0.1, 0.15) is 6.92 Å². The molecule has 3 rings (SSSR count). The quantitative estimate of drug-likeness (QED) is 0.909. The van der Waals surface area contributed by atoms with E-state index in [9.17, 15) is 4.39 Å². The lowest BCUT2D eigenvalue weighted by Crippen LogP contribution is -2.47. The Balaban J connectivity index is 1.67. The largest absolute Gasteiger partial charge is 0.354 e. The molecule has 2 aromatic rings. The Morgan fingerprint density at radius 3 is 2.68 bits per heavy atom. The summed E-state index contributed by atoms with van der Waals surface area (Å²) in [6.45, 7) is 5.68. The third-order valence-corrected chi connectivity index (χ3v) is 3.53. The van der Waals surface area contributed by atoms with Gasteiger partial charge in [0.05, 0.1) is 6.20 Å². The lowest BCUT2D eigenvalue weighted by Gasteiger charge is -2.36. The molecule has 1 fully saturated rings. The number of piperazine rings is 1. The van der Waals surface area contributed by atoms with Gasteiger partial charge in [0.15, 0.2) is 11.6 Å². The topological polar surface area (TPSA) is 70.1 Å². The Morgan fingerprint density at radius 2 is 1.95 bits per heavy atom. The number of aromatic nitrogens is 4. The number of rotatable bonds is 4. The molecule has 1 aliphatic heterocycles. The SMILES string of the molecule is CCNc1nccc(N2CCN(c3ncncc3F)CC2)n1. The summed E-state index contributed by atoms with van der Waals surface area (Å²) in [7, 11) is 0. The van der Waals surface area contributed by atoms with Crippen molar-refractivity contribution in [2.75, 3.05) is 47.8 Å². The smallest absolute Gasteiger partial charge is 0.224 e. The number of nitrogens with one attached hydrogen (secondary N) is 1. The molecule has 0 aromatic carbocycles. The van der Waals surface area contributed by atoms with Crippen molar-refractivity contribution >= 4 is 17.6 Å². The van der Waals surface area contributed by atoms with Crippen molar-refractivity contribution in [3.63, 3.8) is 0 Å². The monoisotopic (exact) mass is 303 g/mol. The summed E-state index contributed by atoms with van der Waals surface area (Å²) >= 11 is 0. The van der Waals surface area contributed by atoms with E-state index in [1.165, 1.54) is 12.5 Å². The van der Waals surface area contributed by atoms with Gasteiger partial charge < -0.3 is 15.1 Å². The van der Waals surface area contributed by atoms with Crippen molar-refractivity contribution in [3.8, 4) is 0 Å². The minimum absolute atomic E-state index is 0.366. The predicted octanol–water partition coefficient (Wildman–Crippen LogP) is 1.16. The number of nitrogens with zero attached hydrogens (tertiary/aromatic N) is 6. The molecule has 2 aromatic heterocycles. The fourth-order valence-electron chi connectivity index (χ4n) is 2.45. The summed E-state index contributed by atoms with van der Waals surface area (Å²) in [5, 5.41) is 3.10. The number of hydrogen-bond donors (Lipinski definition) is 1. The number of hydrogen-bond acceptors (Lipinski definition) is 7. The Kier molecular flexibility index (Phi) is 4.27. The lowest BCUT2D eigenvalue weighted by atomic mass is 10.3. The first kappa shape index (κ1) is 14.4. The zero-order valence-corrected chi connectivity index (χ0v) is 12.4. The van der Waals surface area contributed by atoms with Crippen LogP contribution in [0.4, 0.5) is 22.0 Å². The minimum Gasteiger partial charge on any atom is -0.354 e. The van der Waals surface area contributed by atoms with Crippen molar-refractivity contribution in [1.29, 1.82) is 0 Å². The van der Waals surface area contributed by atoms with Crippen LogP contribution in [0.5, 0.6) is 0 Å². The van der Waals surface area contributed by atoms with Crippen LogP contribution >= 0.6 is 0 Å². The predicted molar refractivity (Wildman–Crippen MR) is 82.6 cm³/mol. The van der Waals surface area contributed by atoms with E-state index in [1.54, 1.807) is 6.20 Å². The fraction of sp³-hybridized carbons (Fsp3) is 0.429. The molecule has 0 spiro atoms. The van der Waals surface area contributed by atoms with Gasteiger partial charge >= 0.3 is 0 Å². The van der Waals surface area contributed by atoms with Gasteiger partial charge in [-0.1, -0.05) is 0 Å². The van der Waals surface area contributed by atoms with Crippen molar-refractivity contribution in [1.82, 2.24) is 19.9 Å². The first-order chi connectivity index (χ1) is 10.8. The summed E-state index contributed by atoms with van der Waals surface area (Å²) < 4.78 is 13.7. The molecule has 0 radical (unpaired) electrons. The molecule has 3 heterocycles. The second kappa shape index (κ2) is 6.50. The zero-order chi connectivity index (χ0) is 15.4. The molecule has 8 heteroatoms. The van der Waals surface area contributed by atoms with Gasteiger partial charge in [0.2, 0.25) is 5.95 Å². The number of anilines is 3. The molecule has 0 amide bonds. The van der Waals surface area contributed by atoms with Crippen molar-refractivity contribution in [2.24, 2.45) is 0 Å². The van der Waals surface area contributed by atoms with Gasteiger partial charge in [0, 0.05) is 38.9 Å². The Hall–Kier alpha value is -2.51. The summed E-state index contributed by atoms with van der Waals surface area (Å²) in [5.41, 5.74) is 0. The van der Waals surface area contributed by atoms with E-state index in [0.29, 0.717) is 24.9 Å². The molecule has 1 N–H and O–H groups in total. The van der Waals surface area contributed by atoms with Crippen molar-refractivity contribution in [2.45, 2.75) is 6.92 Å². The number of halogens is 1. The van der Waals surface area contributed by atoms with Gasteiger partial charge in [-0.3, -0.25) is 0 Å². The maximum atomic E-state index is 13.7. The maximum Gasteiger partial charge on any atom is 0.224 e. The Morgan fingerprint density at radius 1 is 1.18 bits per heavy atom. The molecule has 0 aliphatic carbocycles. The molecule has 1 saturated heterocycles. The lowest BCUT2D eigenvalue weighted by molar-refractivity contribution is 0.581. The first-order valence-electron chi connectivity index (χ1n) is 7.30. The van der Waals surface area contributed by atoms with Crippen LogP contribution < -0.4 is 15.1 Å². The third-order valence-electron chi connectivity index (χ3n) is 3.53. The summed E-state index contributed by atoms with van der Waals surface area (Å²) in [4.78, 5) is 20.5. The van der Waals surface area contributed by atoms with E-state index in [2.05, 4.69) is 30.2 Å². The van der Waals surface area contributed by atoms with Crippen molar-refractivity contribution in [3.05, 3.63) is 30.6 Å². The highest BCUT2D eigenvalue weighted by Gasteiger charge is 2.21. The van der Waals surface area contributed by atoms with Gasteiger partial charge in [-0.05, 0) is 13.0 Å². The average molecular weight is 303 g/mol. The molecule has 0 bridgehead atoms. The van der Waals surface area contributed by atoms with Crippen LogP contribution in [0.2, 0.25) is 0 Å². The van der Waals surface area contributed by atoms with E-state index >= 15 is 0 Å². The minimum atomic E-state index is -0.382. The molecular formula is C14H18FN7. The standard InChI is InChI=1S/C14H18FN7/c1-2-17-14-18-4-3-12(20-14)21-5-7-22(8-6-21)13-11(15)9-16-10-19-13/h3-4,9-10H,2,5-8H2,1H3,(H,17,18,20). The average Bonchev–Trinajstić information content (AvgIpc) is 2.56. The molecule has 0 saturated carbocycles. The van der Waals surface area contributed by atoms with Crippen LogP contribution in [0.25, 0.3) is 0 Å². The van der Waals surface area contributed by atoms with E-state index < -0.39 is 0 Å². The van der Waals surface area contributed by atoms with Gasteiger partial charge in [0.25, 0.3) is 0 Å². The van der Waals surface area contributed by atoms with Crippen LogP contribution in [0, 0.1) is 5.82 Å². The van der Waals surface area contributed by atoms with Crippen LogP contribution in [-0.2, 0) is 0 Å². The Labute approximate surface area is 128 Å². The molecule has 0 atom stereocenters. The van der Waals surface area contributed by atoms with Crippen LogP contribution in [0.3, 0.4) is 0 Å². The van der Waals surface area contributed by atoms with E-state index in [1.807, 2.05) is 17.9 Å². The van der Waals surface area contributed by atoms with Gasteiger partial charge in [-0.25, -0.2) is 19.3 Å². The Bertz CT molecular complexity index is 628. The second-order valence-electron chi connectivity index (χ2n) is 4.94. The summed E-state index contributed by atoms with van der Waals surface area (Å²) in [6, 6.07) is 1.89. The highest BCUT2D eigenvalue weighted by molar-refractivity contribution is 5.46. The third kappa shape index (κ3) is 3.05. The second-order valence-corrected chi connectivity index (χ2v) is 4.94. The van der Waals surface area contributed by atoms with E-state index in [-0.39, 0.29) is 5.82 Å². The normalized spacial score (nSPS) is 15.0. The first-order valence-corrected chi connectivity index (χ1v) is 7.30. The van der Waals surface area contributed by atoms with E-state index in [0.717, 1.165) is 25.5 Å². The van der Waals surface area contributed by atoms with Gasteiger partial charge in [-0.15, -0.1) is 0 Å². The van der Waals surface area contributed by atoms with Gasteiger partial charge in [0.1, 0.15) is 12.1 Å². The molecular weight excluding hydrogens is 285 g/mol.